The second-order valence-electron chi connectivity index (χ2n) is 6.35. The van der Waals surface area contributed by atoms with Crippen molar-refractivity contribution in [3.8, 4) is 0 Å². The van der Waals surface area contributed by atoms with E-state index in [0.717, 1.165) is 41.3 Å². The van der Waals surface area contributed by atoms with Gasteiger partial charge in [0.25, 0.3) is 5.91 Å². The van der Waals surface area contributed by atoms with E-state index in [1.165, 1.54) is 0 Å². The van der Waals surface area contributed by atoms with Crippen molar-refractivity contribution >= 4 is 33.7 Å². The SMILES string of the molecule is Nc1nc2ccccc2c2c1ncn2CCCCNC(=O)c1cccnc1. The summed E-state index contributed by atoms with van der Waals surface area (Å²) in [6, 6.07) is 11.4. The van der Waals surface area contributed by atoms with E-state index in [-0.39, 0.29) is 5.91 Å². The lowest BCUT2D eigenvalue weighted by Crippen LogP contribution is -2.24. The van der Waals surface area contributed by atoms with Crippen molar-refractivity contribution in [3.63, 3.8) is 0 Å². The zero-order valence-corrected chi connectivity index (χ0v) is 14.8. The van der Waals surface area contributed by atoms with Crippen LogP contribution in [-0.4, -0.2) is 32.0 Å². The van der Waals surface area contributed by atoms with Crippen molar-refractivity contribution in [1.82, 2.24) is 24.8 Å². The minimum absolute atomic E-state index is 0.0963. The molecule has 136 valence electrons. The molecule has 0 saturated heterocycles. The number of imidazole rings is 1. The van der Waals surface area contributed by atoms with Gasteiger partial charge in [0.15, 0.2) is 5.82 Å². The summed E-state index contributed by atoms with van der Waals surface area (Å²) in [5.74, 6) is 0.354. The Morgan fingerprint density at radius 1 is 1.15 bits per heavy atom. The van der Waals surface area contributed by atoms with Crippen molar-refractivity contribution in [3.05, 3.63) is 60.7 Å². The number of pyridine rings is 2. The number of para-hydroxylation sites is 1. The Labute approximate surface area is 156 Å². The molecule has 7 heteroatoms. The van der Waals surface area contributed by atoms with Crippen molar-refractivity contribution in [2.75, 3.05) is 12.3 Å². The molecule has 1 amide bonds. The fourth-order valence-electron chi connectivity index (χ4n) is 3.18. The van der Waals surface area contributed by atoms with Crippen LogP contribution in [0.5, 0.6) is 0 Å². The fourth-order valence-corrected chi connectivity index (χ4v) is 3.18. The van der Waals surface area contributed by atoms with Crippen LogP contribution in [0.15, 0.2) is 55.1 Å². The zero-order chi connectivity index (χ0) is 18.6. The van der Waals surface area contributed by atoms with Gasteiger partial charge in [-0.3, -0.25) is 9.78 Å². The molecule has 3 heterocycles. The molecule has 0 aliphatic rings. The number of hydrogen-bond acceptors (Lipinski definition) is 5. The highest BCUT2D eigenvalue weighted by molar-refractivity contribution is 6.06. The minimum Gasteiger partial charge on any atom is -0.382 e. The Kier molecular flexibility index (Phi) is 4.65. The predicted molar refractivity (Wildman–Crippen MR) is 105 cm³/mol. The maximum absolute atomic E-state index is 12.0. The Hall–Kier alpha value is -3.48. The van der Waals surface area contributed by atoms with Gasteiger partial charge in [0, 0.05) is 30.9 Å². The molecule has 0 aliphatic carbocycles. The van der Waals surface area contributed by atoms with Crippen LogP contribution >= 0.6 is 0 Å². The quantitative estimate of drug-likeness (QED) is 0.515. The Morgan fingerprint density at radius 2 is 2.04 bits per heavy atom. The first-order valence-corrected chi connectivity index (χ1v) is 8.91. The molecule has 0 spiro atoms. The number of rotatable bonds is 6. The molecule has 1 aromatic carbocycles. The summed E-state index contributed by atoms with van der Waals surface area (Å²) in [7, 11) is 0. The molecule has 4 aromatic rings. The monoisotopic (exact) mass is 360 g/mol. The predicted octanol–water partition coefficient (Wildman–Crippen LogP) is 2.77. The van der Waals surface area contributed by atoms with E-state index in [1.54, 1.807) is 24.5 Å². The highest BCUT2D eigenvalue weighted by Gasteiger charge is 2.11. The van der Waals surface area contributed by atoms with Crippen LogP contribution in [-0.2, 0) is 6.54 Å². The van der Waals surface area contributed by atoms with Gasteiger partial charge in [-0.1, -0.05) is 18.2 Å². The first-order valence-electron chi connectivity index (χ1n) is 8.91. The van der Waals surface area contributed by atoms with Gasteiger partial charge in [0.1, 0.15) is 5.52 Å². The molecule has 3 N–H and O–H groups in total. The Bertz CT molecular complexity index is 1090. The summed E-state index contributed by atoms with van der Waals surface area (Å²) >= 11 is 0. The number of unbranched alkanes of at least 4 members (excludes halogenated alkanes) is 1. The first kappa shape index (κ1) is 17.0. The minimum atomic E-state index is -0.0963. The maximum atomic E-state index is 12.0. The number of nitrogens with two attached hydrogens (primary N) is 1. The smallest absolute Gasteiger partial charge is 0.252 e. The molecule has 27 heavy (non-hydrogen) atoms. The maximum Gasteiger partial charge on any atom is 0.252 e. The average Bonchev–Trinajstić information content (AvgIpc) is 3.13. The van der Waals surface area contributed by atoms with Crippen molar-refractivity contribution in [2.24, 2.45) is 0 Å². The molecule has 0 radical (unpaired) electrons. The lowest BCUT2D eigenvalue weighted by molar-refractivity contribution is 0.0952. The van der Waals surface area contributed by atoms with Crippen LogP contribution < -0.4 is 11.1 Å². The lowest BCUT2D eigenvalue weighted by atomic mass is 10.2. The Balaban J connectivity index is 1.40. The van der Waals surface area contributed by atoms with E-state index < -0.39 is 0 Å². The van der Waals surface area contributed by atoms with Gasteiger partial charge < -0.3 is 15.6 Å². The Morgan fingerprint density at radius 3 is 2.89 bits per heavy atom. The van der Waals surface area contributed by atoms with Crippen LogP contribution in [0.4, 0.5) is 5.82 Å². The van der Waals surface area contributed by atoms with E-state index in [9.17, 15) is 4.79 Å². The van der Waals surface area contributed by atoms with Gasteiger partial charge in [-0.05, 0) is 31.0 Å². The number of nitrogens with zero attached hydrogens (tertiary/aromatic N) is 4. The highest BCUT2D eigenvalue weighted by atomic mass is 16.1. The molecule has 4 rings (SSSR count). The summed E-state index contributed by atoms with van der Waals surface area (Å²) in [5, 5.41) is 3.97. The molecule has 0 bridgehead atoms. The summed E-state index contributed by atoms with van der Waals surface area (Å²) in [5.41, 5.74) is 9.25. The van der Waals surface area contributed by atoms with Gasteiger partial charge in [-0.15, -0.1) is 0 Å². The van der Waals surface area contributed by atoms with Crippen LogP contribution in [0.25, 0.3) is 21.9 Å². The number of aromatic nitrogens is 4. The van der Waals surface area contributed by atoms with Crippen molar-refractivity contribution in [1.29, 1.82) is 0 Å². The van der Waals surface area contributed by atoms with Gasteiger partial charge in [0.2, 0.25) is 0 Å². The number of aryl methyl sites for hydroxylation is 1. The van der Waals surface area contributed by atoms with E-state index in [1.807, 2.05) is 30.6 Å². The summed E-state index contributed by atoms with van der Waals surface area (Å²) in [6.45, 7) is 1.41. The number of benzene rings is 1. The number of amides is 1. The van der Waals surface area contributed by atoms with Gasteiger partial charge in [-0.2, -0.15) is 0 Å². The van der Waals surface area contributed by atoms with Crippen LogP contribution in [0.1, 0.15) is 23.2 Å². The topological polar surface area (TPSA) is 98.7 Å². The molecule has 0 fully saturated rings. The molecule has 7 nitrogen and oxygen atoms in total. The number of anilines is 1. The molecular formula is C20H20N6O. The first-order chi connectivity index (χ1) is 13.2. The number of fused-ring (bicyclic) bond motifs is 3. The number of carbonyl (C=O) groups excluding carboxylic acids is 1. The van der Waals surface area contributed by atoms with Crippen LogP contribution in [0.2, 0.25) is 0 Å². The third kappa shape index (κ3) is 3.44. The highest BCUT2D eigenvalue weighted by Crippen LogP contribution is 2.27. The van der Waals surface area contributed by atoms with Crippen LogP contribution in [0, 0.1) is 0 Å². The molecule has 0 aliphatic heterocycles. The summed E-state index contributed by atoms with van der Waals surface area (Å²) in [6.07, 6.45) is 6.80. The van der Waals surface area contributed by atoms with Gasteiger partial charge in [-0.25, -0.2) is 9.97 Å². The molecule has 0 saturated carbocycles. The summed E-state index contributed by atoms with van der Waals surface area (Å²) in [4.78, 5) is 24.8. The fraction of sp³-hybridized carbons (Fsp3) is 0.200. The zero-order valence-electron chi connectivity index (χ0n) is 14.8. The second-order valence-corrected chi connectivity index (χ2v) is 6.35. The van der Waals surface area contributed by atoms with E-state index in [4.69, 9.17) is 5.73 Å². The average molecular weight is 360 g/mol. The molecular weight excluding hydrogens is 340 g/mol. The van der Waals surface area contributed by atoms with Gasteiger partial charge >= 0.3 is 0 Å². The number of nitrogens with one attached hydrogen (secondary N) is 1. The third-order valence-electron chi connectivity index (χ3n) is 4.52. The second kappa shape index (κ2) is 7.41. The van der Waals surface area contributed by atoms with Crippen LogP contribution in [0.3, 0.4) is 0 Å². The van der Waals surface area contributed by atoms with Gasteiger partial charge in [0.05, 0.1) is 22.9 Å². The van der Waals surface area contributed by atoms with E-state index in [2.05, 4.69) is 24.8 Å². The standard InChI is InChI=1S/C20H20N6O/c21-19-17-18(15-7-1-2-8-16(15)25-19)26(13-24-17)11-4-3-10-23-20(27)14-6-5-9-22-12-14/h1-2,5-9,12-13H,3-4,10-11H2,(H2,21,25)(H,23,27). The number of carbonyl (C=O) groups is 1. The third-order valence-corrected chi connectivity index (χ3v) is 4.52. The van der Waals surface area contributed by atoms with E-state index >= 15 is 0 Å². The molecule has 0 atom stereocenters. The lowest BCUT2D eigenvalue weighted by Gasteiger charge is -2.08. The largest absolute Gasteiger partial charge is 0.382 e. The summed E-state index contributed by atoms with van der Waals surface area (Å²) < 4.78 is 2.11. The van der Waals surface area contributed by atoms with Crippen molar-refractivity contribution in [2.45, 2.75) is 19.4 Å². The number of hydrogen-bond donors (Lipinski definition) is 2. The van der Waals surface area contributed by atoms with E-state index in [0.29, 0.717) is 17.9 Å². The van der Waals surface area contributed by atoms with Crippen molar-refractivity contribution < 1.29 is 4.79 Å². The normalized spacial score (nSPS) is 11.1. The molecule has 3 aromatic heterocycles. The molecule has 0 unspecified atom stereocenters. The number of nitrogen functional groups attached to an aromatic ring is 1.